The number of nitrogens with zero attached hydrogens (tertiary/aromatic N) is 4. The normalized spacial score (nSPS) is 11.0. The van der Waals surface area contributed by atoms with Gasteiger partial charge in [0.2, 0.25) is 5.91 Å². The topological polar surface area (TPSA) is 72.3 Å². The van der Waals surface area contributed by atoms with Crippen LogP contribution in [-0.4, -0.2) is 65.6 Å². The molecule has 0 aliphatic carbocycles. The van der Waals surface area contributed by atoms with Crippen LogP contribution in [0.15, 0.2) is 59.8 Å². The van der Waals surface area contributed by atoms with E-state index in [-0.39, 0.29) is 5.91 Å². The molecule has 1 aromatic heterocycles. The quantitative estimate of drug-likeness (QED) is 0.364. The lowest BCUT2D eigenvalue weighted by molar-refractivity contribution is -0.121. The van der Waals surface area contributed by atoms with Gasteiger partial charge in [-0.2, -0.15) is 0 Å². The molecule has 1 amide bonds. The number of para-hydroxylation sites is 1. The van der Waals surface area contributed by atoms with Crippen LogP contribution in [0.1, 0.15) is 12.8 Å². The van der Waals surface area contributed by atoms with Crippen molar-refractivity contribution in [3.63, 3.8) is 0 Å². The fourth-order valence-corrected chi connectivity index (χ4v) is 3.92. The molecule has 0 saturated carbocycles. The Balaban J connectivity index is 1.69. The minimum Gasteiger partial charge on any atom is -0.497 e. The first kappa shape index (κ1) is 22.8. The number of hydrogen-bond acceptors (Lipinski definition) is 6. The Morgan fingerprint density at radius 3 is 2.68 bits per heavy atom. The molecule has 31 heavy (non-hydrogen) atoms. The molecule has 2 aromatic carbocycles. The summed E-state index contributed by atoms with van der Waals surface area (Å²) < 4.78 is 7.42. The molecular formula is C23H29N5O2S. The second-order valence-corrected chi connectivity index (χ2v) is 8.38. The van der Waals surface area contributed by atoms with Crippen LogP contribution in [-0.2, 0) is 4.79 Å². The predicted molar refractivity (Wildman–Crippen MR) is 125 cm³/mol. The third-order valence-corrected chi connectivity index (χ3v) is 5.65. The molecule has 1 heterocycles. The Morgan fingerprint density at radius 2 is 1.94 bits per heavy atom. The molecule has 0 bridgehead atoms. The fourth-order valence-electron chi connectivity index (χ4n) is 3.03. The van der Waals surface area contributed by atoms with Crippen LogP contribution in [0.25, 0.3) is 17.1 Å². The van der Waals surface area contributed by atoms with E-state index >= 15 is 0 Å². The van der Waals surface area contributed by atoms with Crippen molar-refractivity contribution in [2.45, 2.75) is 18.0 Å². The number of likely N-dealkylation sites (N-methyl/N-ethyl adjacent to an activating group) is 1. The first-order chi connectivity index (χ1) is 15.1. The average Bonchev–Trinajstić information content (AvgIpc) is 3.21. The van der Waals surface area contributed by atoms with Crippen LogP contribution >= 0.6 is 11.8 Å². The Bertz CT molecular complexity index is 975. The van der Waals surface area contributed by atoms with Gasteiger partial charge in [0.25, 0.3) is 0 Å². The number of benzene rings is 2. The van der Waals surface area contributed by atoms with Crippen LogP contribution in [0.2, 0.25) is 0 Å². The van der Waals surface area contributed by atoms with Crippen molar-refractivity contribution < 1.29 is 9.53 Å². The minimum atomic E-state index is 0.0871. The number of thioether (sulfide) groups is 1. The Kier molecular flexibility index (Phi) is 8.49. The van der Waals surface area contributed by atoms with E-state index in [4.69, 9.17) is 4.74 Å². The molecule has 1 N–H and O–H groups in total. The van der Waals surface area contributed by atoms with Gasteiger partial charge in [-0.15, -0.1) is 10.2 Å². The van der Waals surface area contributed by atoms with Gasteiger partial charge in [-0.25, -0.2) is 0 Å². The third kappa shape index (κ3) is 6.57. The summed E-state index contributed by atoms with van der Waals surface area (Å²) in [6, 6.07) is 17.9. The second-order valence-electron chi connectivity index (χ2n) is 7.31. The van der Waals surface area contributed by atoms with Gasteiger partial charge in [0.1, 0.15) is 5.75 Å². The van der Waals surface area contributed by atoms with Gasteiger partial charge in [0.05, 0.1) is 7.11 Å². The van der Waals surface area contributed by atoms with E-state index in [9.17, 15) is 4.79 Å². The highest BCUT2D eigenvalue weighted by atomic mass is 32.2. The van der Waals surface area contributed by atoms with Gasteiger partial charge in [-0.1, -0.05) is 42.1 Å². The van der Waals surface area contributed by atoms with Gasteiger partial charge in [0.15, 0.2) is 11.0 Å². The Hall–Kier alpha value is -2.84. The molecular weight excluding hydrogens is 410 g/mol. The van der Waals surface area contributed by atoms with Crippen molar-refractivity contribution in [2.75, 3.05) is 40.0 Å². The lowest BCUT2D eigenvalue weighted by Crippen LogP contribution is -2.31. The molecule has 0 aliphatic rings. The van der Waals surface area contributed by atoms with E-state index in [2.05, 4.69) is 20.1 Å². The molecule has 0 aliphatic heterocycles. The van der Waals surface area contributed by atoms with Crippen LogP contribution < -0.4 is 10.1 Å². The second kappa shape index (κ2) is 11.5. The molecule has 7 nitrogen and oxygen atoms in total. The van der Waals surface area contributed by atoms with Crippen molar-refractivity contribution in [3.05, 3.63) is 54.6 Å². The summed E-state index contributed by atoms with van der Waals surface area (Å²) in [6.45, 7) is 1.51. The number of methoxy groups -OCH3 is 1. The number of rotatable bonds is 11. The van der Waals surface area contributed by atoms with Gasteiger partial charge >= 0.3 is 0 Å². The monoisotopic (exact) mass is 439 g/mol. The van der Waals surface area contributed by atoms with E-state index < -0.39 is 0 Å². The summed E-state index contributed by atoms with van der Waals surface area (Å²) in [7, 11) is 5.63. The van der Waals surface area contributed by atoms with E-state index in [1.54, 1.807) is 18.9 Å². The molecule has 164 valence electrons. The van der Waals surface area contributed by atoms with Gasteiger partial charge < -0.3 is 15.0 Å². The lowest BCUT2D eigenvalue weighted by atomic mass is 10.2. The van der Waals surface area contributed by atoms with Gasteiger partial charge in [0, 0.05) is 36.5 Å². The van der Waals surface area contributed by atoms with E-state index in [1.807, 2.05) is 73.6 Å². The lowest BCUT2D eigenvalue weighted by Gasteiger charge is -2.11. The van der Waals surface area contributed by atoms with E-state index in [0.29, 0.717) is 13.0 Å². The standard InChI is InChI=1S/C23H29N5O2S/c1-27(2)15-14-24-21(29)13-8-16-31-23-26-25-22(18-9-7-12-20(17-18)30-3)28(23)19-10-5-4-6-11-19/h4-7,9-12,17H,8,13-16H2,1-3H3,(H,24,29). The maximum Gasteiger partial charge on any atom is 0.220 e. The highest BCUT2D eigenvalue weighted by Gasteiger charge is 2.16. The summed E-state index contributed by atoms with van der Waals surface area (Å²) in [4.78, 5) is 14.0. The summed E-state index contributed by atoms with van der Waals surface area (Å²) in [5, 5.41) is 12.7. The van der Waals surface area contributed by atoms with Crippen molar-refractivity contribution in [2.24, 2.45) is 0 Å². The maximum atomic E-state index is 12.0. The molecule has 0 spiro atoms. The predicted octanol–water partition coefficient (Wildman–Crippen LogP) is 3.49. The maximum absolute atomic E-state index is 12.0. The van der Waals surface area contributed by atoms with Crippen LogP contribution in [0.3, 0.4) is 0 Å². The molecule has 0 atom stereocenters. The zero-order valence-electron chi connectivity index (χ0n) is 18.2. The number of hydrogen-bond donors (Lipinski definition) is 1. The molecule has 8 heteroatoms. The highest BCUT2D eigenvalue weighted by Crippen LogP contribution is 2.30. The number of carbonyl (C=O) groups excluding carboxylic acids is 1. The summed E-state index contributed by atoms with van der Waals surface area (Å²) >= 11 is 1.61. The van der Waals surface area contributed by atoms with Crippen LogP contribution in [0.5, 0.6) is 5.75 Å². The van der Waals surface area contributed by atoms with Gasteiger partial charge in [-0.3, -0.25) is 9.36 Å². The average molecular weight is 440 g/mol. The summed E-state index contributed by atoms with van der Waals surface area (Å²) in [5.74, 6) is 2.40. The van der Waals surface area contributed by atoms with Crippen molar-refractivity contribution in [1.29, 1.82) is 0 Å². The molecule has 0 radical (unpaired) electrons. The first-order valence-electron chi connectivity index (χ1n) is 10.3. The van der Waals surface area contributed by atoms with Gasteiger partial charge in [-0.05, 0) is 44.8 Å². The SMILES string of the molecule is COc1cccc(-c2nnc(SCCCC(=O)NCCN(C)C)n2-c2ccccc2)c1. The third-order valence-electron chi connectivity index (χ3n) is 4.64. The molecule has 0 unspecified atom stereocenters. The summed E-state index contributed by atoms with van der Waals surface area (Å²) in [5.41, 5.74) is 1.93. The fraction of sp³-hybridized carbons (Fsp3) is 0.348. The van der Waals surface area contributed by atoms with E-state index in [0.717, 1.165) is 46.7 Å². The molecule has 3 rings (SSSR count). The molecule has 0 fully saturated rings. The number of ether oxygens (including phenoxy) is 1. The number of carbonyl (C=O) groups is 1. The first-order valence-corrected chi connectivity index (χ1v) is 11.3. The molecule has 0 saturated heterocycles. The van der Waals surface area contributed by atoms with Crippen LogP contribution in [0.4, 0.5) is 0 Å². The number of aromatic nitrogens is 3. The minimum absolute atomic E-state index is 0.0871. The largest absolute Gasteiger partial charge is 0.497 e. The van der Waals surface area contributed by atoms with E-state index in [1.165, 1.54) is 0 Å². The Labute approximate surface area is 187 Å². The molecule has 3 aromatic rings. The van der Waals surface area contributed by atoms with Crippen molar-refractivity contribution in [1.82, 2.24) is 25.0 Å². The summed E-state index contributed by atoms with van der Waals surface area (Å²) in [6.07, 6.45) is 1.28. The number of nitrogens with one attached hydrogen (secondary N) is 1. The zero-order chi connectivity index (χ0) is 22.1. The highest BCUT2D eigenvalue weighted by molar-refractivity contribution is 7.99. The zero-order valence-corrected chi connectivity index (χ0v) is 19.1. The smallest absolute Gasteiger partial charge is 0.220 e. The van der Waals surface area contributed by atoms with Crippen molar-refractivity contribution >= 4 is 17.7 Å². The Morgan fingerprint density at radius 1 is 1.13 bits per heavy atom. The van der Waals surface area contributed by atoms with Crippen molar-refractivity contribution in [3.8, 4) is 22.8 Å². The van der Waals surface area contributed by atoms with Crippen LogP contribution in [0, 0.1) is 0 Å². The number of amides is 1.